The Morgan fingerprint density at radius 3 is 2.17 bits per heavy atom. The molecule has 124 valence electrons. The zero-order chi connectivity index (χ0) is 16.9. The van der Waals surface area contributed by atoms with E-state index in [4.69, 9.17) is 4.74 Å². The van der Waals surface area contributed by atoms with Gasteiger partial charge in [-0.1, -0.05) is 0 Å². The van der Waals surface area contributed by atoms with Gasteiger partial charge in [-0.2, -0.15) is 0 Å². The summed E-state index contributed by atoms with van der Waals surface area (Å²) >= 11 is 2.20. The average molecular weight is 436 g/mol. The molecule has 24 heavy (non-hydrogen) atoms. The van der Waals surface area contributed by atoms with Crippen molar-refractivity contribution < 1.29 is 14.3 Å². The molecule has 5 nitrogen and oxygen atoms in total. The van der Waals surface area contributed by atoms with E-state index in [0.717, 1.165) is 16.4 Å². The number of hydrogen-bond donors (Lipinski definition) is 2. The predicted molar refractivity (Wildman–Crippen MR) is 101 cm³/mol. The summed E-state index contributed by atoms with van der Waals surface area (Å²) in [6.07, 6.45) is 1.32. The highest BCUT2D eigenvalue weighted by molar-refractivity contribution is 14.1. The molecule has 2 N–H and O–H groups in total. The molecule has 1 aliphatic rings. The van der Waals surface area contributed by atoms with E-state index >= 15 is 0 Å². The molecule has 1 fully saturated rings. The van der Waals surface area contributed by atoms with Crippen LogP contribution in [0.5, 0.6) is 0 Å². The maximum Gasteiger partial charge on any atom is 0.255 e. The van der Waals surface area contributed by atoms with E-state index in [-0.39, 0.29) is 17.9 Å². The Hall–Kier alpha value is -1.93. The minimum Gasteiger partial charge on any atom is -0.368 e. The summed E-state index contributed by atoms with van der Waals surface area (Å²) in [5.41, 5.74) is 1.96. The van der Waals surface area contributed by atoms with Gasteiger partial charge in [0.1, 0.15) is 6.10 Å². The summed E-state index contributed by atoms with van der Waals surface area (Å²) in [6.45, 7) is 0.640. The molecule has 1 saturated heterocycles. The lowest BCUT2D eigenvalue weighted by Gasteiger charge is -2.11. The second-order valence-electron chi connectivity index (χ2n) is 5.53. The van der Waals surface area contributed by atoms with Crippen molar-refractivity contribution in [3.05, 3.63) is 57.7 Å². The number of hydrogen-bond acceptors (Lipinski definition) is 3. The Kier molecular flexibility index (Phi) is 5.47. The number of carbonyl (C=O) groups excluding carboxylic acids is 2. The molecule has 2 aromatic carbocycles. The molecule has 2 aromatic rings. The maximum absolute atomic E-state index is 12.2. The van der Waals surface area contributed by atoms with E-state index in [0.29, 0.717) is 23.5 Å². The van der Waals surface area contributed by atoms with Crippen LogP contribution in [0, 0.1) is 3.57 Å². The van der Waals surface area contributed by atoms with Crippen LogP contribution in [0.25, 0.3) is 0 Å². The van der Waals surface area contributed by atoms with Crippen molar-refractivity contribution in [3.63, 3.8) is 0 Å². The Bertz CT molecular complexity index is 723. The van der Waals surface area contributed by atoms with E-state index in [1.807, 2.05) is 12.1 Å². The molecule has 1 unspecified atom stereocenters. The van der Waals surface area contributed by atoms with Gasteiger partial charge in [-0.3, -0.25) is 9.59 Å². The van der Waals surface area contributed by atoms with Crippen molar-refractivity contribution in [3.8, 4) is 0 Å². The van der Waals surface area contributed by atoms with Crippen LogP contribution in [0.2, 0.25) is 0 Å². The predicted octanol–water partition coefficient (Wildman–Crippen LogP) is 3.66. The fourth-order valence-corrected chi connectivity index (χ4v) is 2.81. The first-order valence-electron chi connectivity index (χ1n) is 7.71. The van der Waals surface area contributed by atoms with Gasteiger partial charge in [-0.15, -0.1) is 0 Å². The highest BCUT2D eigenvalue weighted by Crippen LogP contribution is 2.18. The number of rotatable bonds is 4. The van der Waals surface area contributed by atoms with Crippen LogP contribution in [0.4, 0.5) is 11.4 Å². The Morgan fingerprint density at radius 2 is 1.58 bits per heavy atom. The fourth-order valence-electron chi connectivity index (χ4n) is 2.45. The number of anilines is 2. The van der Waals surface area contributed by atoms with E-state index in [1.54, 1.807) is 36.4 Å². The van der Waals surface area contributed by atoms with Gasteiger partial charge in [0.15, 0.2) is 0 Å². The minimum atomic E-state index is -0.356. The van der Waals surface area contributed by atoms with Crippen molar-refractivity contribution in [1.29, 1.82) is 0 Å². The van der Waals surface area contributed by atoms with Crippen LogP contribution >= 0.6 is 22.6 Å². The van der Waals surface area contributed by atoms with E-state index in [2.05, 4.69) is 33.2 Å². The van der Waals surface area contributed by atoms with Crippen LogP contribution < -0.4 is 10.6 Å². The van der Waals surface area contributed by atoms with Crippen LogP contribution in [0.1, 0.15) is 23.2 Å². The standard InChI is InChI=1S/C18H17IN2O3/c19-13-5-3-12(4-6-13)17(22)20-14-7-9-15(10-8-14)21-18(23)16-2-1-11-24-16/h3-10,16H,1-2,11H2,(H,20,22)(H,21,23). The molecule has 0 spiro atoms. The first kappa shape index (κ1) is 16.9. The van der Waals surface area contributed by atoms with E-state index in [1.165, 1.54) is 0 Å². The maximum atomic E-state index is 12.2. The topological polar surface area (TPSA) is 67.4 Å². The molecule has 2 amide bonds. The number of ether oxygens (including phenoxy) is 1. The number of carbonyl (C=O) groups is 2. The quantitative estimate of drug-likeness (QED) is 0.720. The van der Waals surface area contributed by atoms with Gasteiger partial charge in [0, 0.05) is 27.1 Å². The van der Waals surface area contributed by atoms with Gasteiger partial charge in [-0.25, -0.2) is 0 Å². The first-order valence-corrected chi connectivity index (χ1v) is 8.79. The average Bonchev–Trinajstić information content (AvgIpc) is 3.12. The van der Waals surface area contributed by atoms with Gasteiger partial charge >= 0.3 is 0 Å². The molecular formula is C18H17IN2O3. The normalized spacial score (nSPS) is 16.6. The number of benzene rings is 2. The summed E-state index contributed by atoms with van der Waals surface area (Å²) < 4.78 is 6.43. The molecule has 0 radical (unpaired) electrons. The molecule has 0 bridgehead atoms. The van der Waals surface area contributed by atoms with Gasteiger partial charge in [0.2, 0.25) is 0 Å². The SMILES string of the molecule is O=C(Nc1ccc(NC(=O)C2CCCO2)cc1)c1ccc(I)cc1. The van der Waals surface area contributed by atoms with Crippen molar-refractivity contribution in [2.24, 2.45) is 0 Å². The molecule has 0 aliphatic carbocycles. The highest BCUT2D eigenvalue weighted by atomic mass is 127. The third-order valence-electron chi connectivity index (χ3n) is 3.74. The van der Waals surface area contributed by atoms with E-state index in [9.17, 15) is 9.59 Å². The zero-order valence-corrected chi connectivity index (χ0v) is 15.1. The lowest BCUT2D eigenvalue weighted by molar-refractivity contribution is -0.124. The minimum absolute atomic E-state index is 0.122. The number of amides is 2. The van der Waals surface area contributed by atoms with Crippen LogP contribution in [-0.4, -0.2) is 24.5 Å². The zero-order valence-electron chi connectivity index (χ0n) is 12.9. The lowest BCUT2D eigenvalue weighted by Crippen LogP contribution is -2.26. The summed E-state index contributed by atoms with van der Waals surface area (Å²) in [4.78, 5) is 24.1. The number of halogens is 1. The first-order chi connectivity index (χ1) is 11.6. The lowest BCUT2D eigenvalue weighted by atomic mass is 10.2. The van der Waals surface area contributed by atoms with Gasteiger partial charge in [-0.05, 0) is 84.0 Å². The van der Waals surface area contributed by atoms with Crippen LogP contribution in [0.3, 0.4) is 0 Å². The third-order valence-corrected chi connectivity index (χ3v) is 4.46. The molecule has 3 rings (SSSR count). The smallest absolute Gasteiger partial charge is 0.255 e. The summed E-state index contributed by atoms with van der Waals surface area (Å²) in [5, 5.41) is 5.66. The Morgan fingerprint density at radius 1 is 0.958 bits per heavy atom. The fraction of sp³-hybridized carbons (Fsp3) is 0.222. The highest BCUT2D eigenvalue weighted by Gasteiger charge is 2.23. The Balaban J connectivity index is 1.58. The van der Waals surface area contributed by atoms with Crippen LogP contribution in [0.15, 0.2) is 48.5 Å². The van der Waals surface area contributed by atoms with Gasteiger partial charge in [0.25, 0.3) is 11.8 Å². The van der Waals surface area contributed by atoms with Crippen molar-refractivity contribution in [2.75, 3.05) is 17.2 Å². The molecule has 0 saturated carbocycles. The summed E-state index contributed by atoms with van der Waals surface area (Å²) in [6, 6.07) is 14.4. The monoisotopic (exact) mass is 436 g/mol. The second-order valence-corrected chi connectivity index (χ2v) is 6.77. The Labute approximate surface area is 153 Å². The van der Waals surface area contributed by atoms with Crippen molar-refractivity contribution >= 4 is 45.8 Å². The van der Waals surface area contributed by atoms with Crippen molar-refractivity contribution in [2.45, 2.75) is 18.9 Å². The molecule has 0 aromatic heterocycles. The molecule has 1 aliphatic heterocycles. The molecule has 1 heterocycles. The molecular weight excluding hydrogens is 419 g/mol. The molecule has 6 heteroatoms. The van der Waals surface area contributed by atoms with Crippen molar-refractivity contribution in [1.82, 2.24) is 0 Å². The largest absolute Gasteiger partial charge is 0.368 e. The summed E-state index contributed by atoms with van der Waals surface area (Å²) in [5.74, 6) is -0.286. The van der Waals surface area contributed by atoms with Gasteiger partial charge < -0.3 is 15.4 Å². The third kappa shape index (κ3) is 4.33. The summed E-state index contributed by atoms with van der Waals surface area (Å²) in [7, 11) is 0. The van der Waals surface area contributed by atoms with Crippen LogP contribution in [-0.2, 0) is 9.53 Å². The number of nitrogens with one attached hydrogen (secondary N) is 2. The van der Waals surface area contributed by atoms with Gasteiger partial charge in [0.05, 0.1) is 0 Å². The second kappa shape index (κ2) is 7.76. The molecule has 1 atom stereocenters. The van der Waals surface area contributed by atoms with E-state index < -0.39 is 0 Å².